The Morgan fingerprint density at radius 2 is 1.86 bits per heavy atom. The van der Waals surface area contributed by atoms with Crippen molar-refractivity contribution in [3.8, 4) is 5.75 Å². The number of esters is 1. The minimum Gasteiger partial charge on any atom is -0.426 e. The lowest BCUT2D eigenvalue weighted by Crippen LogP contribution is -2.23. The number of Topliss-reactive ketones (excluding diaryl/α,β-unsaturated/α-hetero) is 1. The lowest BCUT2D eigenvalue weighted by molar-refractivity contribution is -0.139. The molecule has 1 heterocycles. The van der Waals surface area contributed by atoms with Gasteiger partial charge in [-0.2, -0.15) is 0 Å². The van der Waals surface area contributed by atoms with Crippen LogP contribution in [0.3, 0.4) is 0 Å². The van der Waals surface area contributed by atoms with Gasteiger partial charge in [0, 0.05) is 30.7 Å². The Labute approximate surface area is 169 Å². The summed E-state index contributed by atoms with van der Waals surface area (Å²) in [6.45, 7) is 2.14. The maximum Gasteiger partial charge on any atom is 0.317 e. The molecule has 3 aromatic rings. The second-order valence-electron chi connectivity index (χ2n) is 8.01. The molecule has 0 amide bonds. The van der Waals surface area contributed by atoms with Crippen molar-refractivity contribution in [3.05, 3.63) is 72.1 Å². The van der Waals surface area contributed by atoms with E-state index in [2.05, 4.69) is 4.98 Å². The first kappa shape index (κ1) is 19.3. The molecule has 0 spiro atoms. The van der Waals surface area contributed by atoms with Gasteiger partial charge in [-0.1, -0.05) is 30.3 Å². The summed E-state index contributed by atoms with van der Waals surface area (Å²) < 4.78 is 5.45. The maximum atomic E-state index is 12.9. The van der Waals surface area contributed by atoms with Gasteiger partial charge in [-0.15, -0.1) is 0 Å². The van der Waals surface area contributed by atoms with Gasteiger partial charge in [0.05, 0.1) is 11.3 Å². The Morgan fingerprint density at radius 1 is 1.10 bits per heavy atom. The second kappa shape index (κ2) is 7.76. The highest BCUT2D eigenvalue weighted by Gasteiger charge is 2.46. The minimum absolute atomic E-state index is 0.0659. The third-order valence-corrected chi connectivity index (χ3v) is 5.69. The topological polar surface area (TPSA) is 82.3 Å². The number of ether oxygens (including phenoxy) is 1. The summed E-state index contributed by atoms with van der Waals surface area (Å²) in [6, 6.07) is 15.0. The summed E-state index contributed by atoms with van der Waals surface area (Å²) in [5.41, 5.74) is 7.38. The number of benzene rings is 2. The quantitative estimate of drug-likeness (QED) is 0.492. The molecule has 29 heavy (non-hydrogen) atoms. The van der Waals surface area contributed by atoms with Gasteiger partial charge < -0.3 is 10.5 Å². The van der Waals surface area contributed by atoms with Crippen molar-refractivity contribution in [1.29, 1.82) is 0 Å². The fourth-order valence-electron chi connectivity index (χ4n) is 3.41. The van der Waals surface area contributed by atoms with Crippen molar-refractivity contribution in [3.63, 3.8) is 0 Å². The average Bonchev–Trinajstić information content (AvgIpc) is 3.48. The molecular formula is C24H24N2O3. The summed E-state index contributed by atoms with van der Waals surface area (Å²) in [7, 11) is 0. The van der Waals surface area contributed by atoms with E-state index in [1.165, 1.54) is 0 Å². The fraction of sp³-hybridized carbons (Fsp3) is 0.292. The molecule has 5 heteroatoms. The van der Waals surface area contributed by atoms with Crippen LogP contribution in [0.15, 0.2) is 60.9 Å². The number of carbonyl (C=O) groups is 2. The number of nitrogens with zero attached hydrogens (tertiary/aromatic N) is 1. The summed E-state index contributed by atoms with van der Waals surface area (Å²) >= 11 is 0. The second-order valence-corrected chi connectivity index (χ2v) is 8.01. The van der Waals surface area contributed by atoms with E-state index >= 15 is 0 Å². The van der Waals surface area contributed by atoms with Crippen LogP contribution >= 0.6 is 0 Å². The third kappa shape index (κ3) is 4.20. The number of ketones is 1. The van der Waals surface area contributed by atoms with Crippen molar-refractivity contribution in [2.24, 2.45) is 11.1 Å². The van der Waals surface area contributed by atoms with Crippen molar-refractivity contribution in [1.82, 2.24) is 4.98 Å². The highest BCUT2D eigenvalue weighted by molar-refractivity contribution is 5.90. The molecule has 148 valence electrons. The molecule has 0 radical (unpaired) electrons. The van der Waals surface area contributed by atoms with Crippen LogP contribution in [0.2, 0.25) is 0 Å². The van der Waals surface area contributed by atoms with Crippen LogP contribution in [0.25, 0.3) is 10.8 Å². The van der Waals surface area contributed by atoms with Gasteiger partial charge in [-0.05, 0) is 54.5 Å². The SMILES string of the molecule is CC1(C(=O)Oc2ccc(C(CN)C(=O)Cc3ccc4cnccc4c3)cc2)CC1. The monoisotopic (exact) mass is 388 g/mol. The lowest BCUT2D eigenvalue weighted by atomic mass is 9.90. The van der Waals surface area contributed by atoms with Crippen LogP contribution in [0.1, 0.15) is 36.8 Å². The number of hydrogen-bond donors (Lipinski definition) is 1. The third-order valence-electron chi connectivity index (χ3n) is 5.69. The van der Waals surface area contributed by atoms with Gasteiger partial charge in [0.15, 0.2) is 0 Å². The van der Waals surface area contributed by atoms with Gasteiger partial charge >= 0.3 is 5.97 Å². The van der Waals surface area contributed by atoms with Crippen LogP contribution in [0, 0.1) is 5.41 Å². The Kier molecular flexibility index (Phi) is 5.16. The molecule has 0 saturated heterocycles. The molecule has 5 nitrogen and oxygen atoms in total. The Bertz CT molecular complexity index is 1060. The molecule has 1 atom stereocenters. The van der Waals surface area contributed by atoms with Crippen LogP contribution in [-0.4, -0.2) is 23.3 Å². The van der Waals surface area contributed by atoms with E-state index in [0.29, 0.717) is 12.2 Å². The number of nitrogens with two attached hydrogens (primary N) is 1. The Morgan fingerprint density at radius 3 is 2.55 bits per heavy atom. The van der Waals surface area contributed by atoms with Crippen molar-refractivity contribution < 1.29 is 14.3 Å². The lowest BCUT2D eigenvalue weighted by Gasteiger charge is -2.15. The zero-order chi connectivity index (χ0) is 20.4. The molecule has 1 saturated carbocycles. The highest BCUT2D eigenvalue weighted by Crippen LogP contribution is 2.46. The summed E-state index contributed by atoms with van der Waals surface area (Å²) in [5.74, 6) is -0.0218. The molecule has 2 aromatic carbocycles. The predicted molar refractivity (Wildman–Crippen MR) is 112 cm³/mol. The van der Waals surface area contributed by atoms with Crippen LogP contribution in [0.4, 0.5) is 0 Å². The molecule has 4 rings (SSSR count). The van der Waals surface area contributed by atoms with Crippen LogP contribution < -0.4 is 10.5 Å². The zero-order valence-corrected chi connectivity index (χ0v) is 16.4. The van der Waals surface area contributed by atoms with E-state index in [-0.39, 0.29) is 23.7 Å². The van der Waals surface area contributed by atoms with E-state index in [4.69, 9.17) is 10.5 Å². The Balaban J connectivity index is 1.45. The summed E-state index contributed by atoms with van der Waals surface area (Å²) in [6.07, 6.45) is 5.61. The first-order valence-corrected chi connectivity index (χ1v) is 9.86. The van der Waals surface area contributed by atoms with Gasteiger partial charge in [0.1, 0.15) is 11.5 Å². The number of carbonyl (C=O) groups excluding carboxylic acids is 2. The standard InChI is InChI=1S/C24H24N2O3/c1-24(9-10-24)23(28)29-20-6-4-17(5-7-20)21(14-25)22(27)13-16-2-3-19-15-26-11-8-18(19)12-16/h2-8,11-12,15,21H,9-10,13-14,25H2,1H3. The molecule has 1 aromatic heterocycles. The van der Waals surface area contributed by atoms with Gasteiger partial charge in [-0.25, -0.2) is 0 Å². The number of hydrogen-bond acceptors (Lipinski definition) is 5. The first-order chi connectivity index (χ1) is 14.0. The van der Waals surface area contributed by atoms with E-state index in [1.54, 1.807) is 18.3 Å². The van der Waals surface area contributed by atoms with Gasteiger partial charge in [0.2, 0.25) is 0 Å². The maximum absolute atomic E-state index is 12.9. The summed E-state index contributed by atoms with van der Waals surface area (Å²) in [4.78, 5) is 29.1. The molecule has 1 fully saturated rings. The minimum atomic E-state index is -0.395. The van der Waals surface area contributed by atoms with E-state index in [0.717, 1.165) is 34.7 Å². The molecule has 1 aliphatic carbocycles. The van der Waals surface area contributed by atoms with Crippen LogP contribution in [0.5, 0.6) is 5.75 Å². The van der Waals surface area contributed by atoms with Gasteiger partial charge in [-0.3, -0.25) is 14.6 Å². The first-order valence-electron chi connectivity index (χ1n) is 9.86. The number of aromatic nitrogens is 1. The van der Waals surface area contributed by atoms with Gasteiger partial charge in [0.25, 0.3) is 0 Å². The van der Waals surface area contributed by atoms with E-state index in [9.17, 15) is 9.59 Å². The molecule has 1 aliphatic rings. The number of fused-ring (bicyclic) bond motifs is 1. The molecule has 0 aliphatic heterocycles. The zero-order valence-electron chi connectivity index (χ0n) is 16.4. The van der Waals surface area contributed by atoms with E-state index in [1.807, 2.05) is 49.5 Å². The predicted octanol–water partition coefficient (Wildman–Crippen LogP) is 3.79. The number of rotatable bonds is 7. The fourth-order valence-corrected chi connectivity index (χ4v) is 3.41. The average molecular weight is 388 g/mol. The normalized spacial score (nSPS) is 15.7. The molecule has 2 N–H and O–H groups in total. The van der Waals surface area contributed by atoms with Crippen molar-refractivity contribution in [2.45, 2.75) is 32.1 Å². The highest BCUT2D eigenvalue weighted by atomic mass is 16.5. The molecule has 0 bridgehead atoms. The smallest absolute Gasteiger partial charge is 0.317 e. The Hall–Kier alpha value is -3.05. The van der Waals surface area contributed by atoms with Crippen molar-refractivity contribution in [2.75, 3.05) is 6.54 Å². The number of pyridine rings is 1. The van der Waals surface area contributed by atoms with Crippen LogP contribution in [-0.2, 0) is 16.0 Å². The summed E-state index contributed by atoms with van der Waals surface area (Å²) in [5, 5.41) is 2.11. The van der Waals surface area contributed by atoms with E-state index < -0.39 is 5.92 Å². The van der Waals surface area contributed by atoms with Crippen molar-refractivity contribution >= 4 is 22.5 Å². The molecule has 1 unspecified atom stereocenters. The largest absolute Gasteiger partial charge is 0.426 e. The molecular weight excluding hydrogens is 364 g/mol.